The Morgan fingerprint density at radius 2 is 2.03 bits per heavy atom. The summed E-state index contributed by atoms with van der Waals surface area (Å²) >= 11 is 0. The van der Waals surface area contributed by atoms with Crippen molar-refractivity contribution in [2.75, 3.05) is 7.11 Å². The highest BCUT2D eigenvalue weighted by molar-refractivity contribution is 5.65. The number of hydrogen-bond acceptors (Lipinski definition) is 5. The van der Waals surface area contributed by atoms with Crippen LogP contribution in [0.3, 0.4) is 0 Å². The predicted octanol–water partition coefficient (Wildman–Crippen LogP) is 4.71. The van der Waals surface area contributed by atoms with E-state index in [0.29, 0.717) is 18.7 Å². The van der Waals surface area contributed by atoms with E-state index in [2.05, 4.69) is 58.9 Å². The lowest BCUT2D eigenvalue weighted by atomic mass is 9.99. The molecule has 2 atom stereocenters. The van der Waals surface area contributed by atoms with E-state index in [-0.39, 0.29) is 0 Å². The maximum absolute atomic E-state index is 5.97. The molecule has 0 spiro atoms. The van der Waals surface area contributed by atoms with Crippen LogP contribution < -0.4 is 0 Å². The number of aryl methyl sites for hydroxylation is 1. The lowest BCUT2D eigenvalue weighted by Gasteiger charge is -2.35. The molecule has 6 rings (SSSR count). The molecule has 6 nitrogen and oxygen atoms in total. The van der Waals surface area contributed by atoms with E-state index >= 15 is 0 Å². The molecule has 1 saturated heterocycles. The molecule has 2 aliphatic heterocycles. The number of aromatic nitrogens is 3. The number of fused-ring (bicyclic) bond motifs is 6. The van der Waals surface area contributed by atoms with Crippen LogP contribution in [-0.4, -0.2) is 32.6 Å². The summed E-state index contributed by atoms with van der Waals surface area (Å²) in [6.07, 6.45) is 5.41. The molecule has 1 aromatic carbocycles. The summed E-state index contributed by atoms with van der Waals surface area (Å²) in [6.45, 7) is 3.45. The Bertz CT molecular complexity index is 1260. The van der Waals surface area contributed by atoms with Crippen molar-refractivity contribution >= 4 is 5.65 Å². The van der Waals surface area contributed by atoms with E-state index < -0.39 is 0 Å². The summed E-state index contributed by atoms with van der Waals surface area (Å²) in [5.74, 6) is 1.88. The van der Waals surface area contributed by atoms with E-state index in [4.69, 9.17) is 19.2 Å². The van der Waals surface area contributed by atoms with Gasteiger partial charge in [0.2, 0.25) is 0 Å². The molecule has 0 unspecified atom stereocenters. The van der Waals surface area contributed by atoms with Gasteiger partial charge in [-0.25, -0.2) is 9.50 Å². The second kappa shape index (κ2) is 7.32. The molecule has 3 aromatic heterocycles. The third kappa shape index (κ3) is 3.18. The summed E-state index contributed by atoms with van der Waals surface area (Å²) in [4.78, 5) is 7.36. The first-order chi connectivity index (χ1) is 15.2. The zero-order valence-electron chi connectivity index (χ0n) is 17.9. The minimum absolute atomic E-state index is 0.369. The average molecular weight is 415 g/mol. The van der Waals surface area contributed by atoms with E-state index in [9.17, 15) is 0 Å². The molecule has 158 valence electrons. The number of benzene rings is 1. The highest BCUT2D eigenvalue weighted by Crippen LogP contribution is 2.44. The largest absolute Gasteiger partial charge is 0.462 e. The van der Waals surface area contributed by atoms with Gasteiger partial charge in [-0.3, -0.25) is 4.90 Å². The SMILES string of the molecule is COCc1ccc(CN2[C@@H]3CC[C@@H]2c2cnc4cc(-c5cccc(C)c5)nn4c2C3)o1. The molecule has 1 fully saturated rings. The van der Waals surface area contributed by atoms with Crippen molar-refractivity contribution < 1.29 is 9.15 Å². The van der Waals surface area contributed by atoms with Gasteiger partial charge in [-0.05, 0) is 38.0 Å². The standard InChI is InChI=1S/C25H26N4O2/c1-16-4-3-5-17(10-16)22-12-25-26-13-21-23-9-6-18(11-24(21)29(25)27-22)28(23)14-19-7-8-20(31-19)15-30-2/h3-5,7-8,10,12-13,18,23H,6,9,11,14-15H2,1-2H3/t18-,23-/m1/s1. The Hall–Kier alpha value is -2.96. The molecule has 0 saturated carbocycles. The predicted molar refractivity (Wildman–Crippen MR) is 118 cm³/mol. The van der Waals surface area contributed by atoms with Gasteiger partial charge in [0.15, 0.2) is 5.65 Å². The quantitative estimate of drug-likeness (QED) is 0.474. The van der Waals surface area contributed by atoms with Crippen LogP contribution in [0.25, 0.3) is 16.9 Å². The molecule has 6 heteroatoms. The van der Waals surface area contributed by atoms with Crippen LogP contribution >= 0.6 is 0 Å². The monoisotopic (exact) mass is 414 g/mol. The molecule has 2 bridgehead atoms. The van der Waals surface area contributed by atoms with Gasteiger partial charge in [-0.2, -0.15) is 5.10 Å². The van der Waals surface area contributed by atoms with Gasteiger partial charge in [0.05, 0.1) is 17.9 Å². The van der Waals surface area contributed by atoms with E-state index in [1.54, 1.807) is 7.11 Å². The summed E-state index contributed by atoms with van der Waals surface area (Å²) in [5.41, 5.74) is 6.92. The molecular formula is C25H26N4O2. The Morgan fingerprint density at radius 1 is 1.13 bits per heavy atom. The zero-order chi connectivity index (χ0) is 20.9. The van der Waals surface area contributed by atoms with Crippen LogP contribution in [0, 0.1) is 6.92 Å². The van der Waals surface area contributed by atoms with Gasteiger partial charge in [0, 0.05) is 49.0 Å². The van der Waals surface area contributed by atoms with Crippen molar-refractivity contribution in [2.45, 2.75) is 51.4 Å². The molecule has 2 aliphatic rings. The fraction of sp³-hybridized carbons (Fsp3) is 0.360. The summed E-state index contributed by atoms with van der Waals surface area (Å²) in [7, 11) is 1.69. The third-order valence-corrected chi connectivity index (χ3v) is 6.70. The Morgan fingerprint density at radius 3 is 2.90 bits per heavy atom. The first-order valence-electron chi connectivity index (χ1n) is 11.0. The molecule has 0 N–H and O–H groups in total. The Kier molecular flexibility index (Phi) is 4.44. The van der Waals surface area contributed by atoms with Crippen LogP contribution in [0.5, 0.6) is 0 Å². The van der Waals surface area contributed by atoms with Crippen molar-refractivity contribution in [2.24, 2.45) is 0 Å². The second-order valence-electron chi connectivity index (χ2n) is 8.75. The smallest absolute Gasteiger partial charge is 0.155 e. The summed E-state index contributed by atoms with van der Waals surface area (Å²) < 4.78 is 13.2. The number of nitrogens with zero attached hydrogens (tertiary/aromatic N) is 4. The summed E-state index contributed by atoms with van der Waals surface area (Å²) in [5, 5.41) is 4.97. The Labute approximate surface area is 181 Å². The lowest BCUT2D eigenvalue weighted by molar-refractivity contribution is 0.140. The summed E-state index contributed by atoms with van der Waals surface area (Å²) in [6, 6.07) is 15.6. The van der Waals surface area contributed by atoms with Gasteiger partial charge < -0.3 is 9.15 Å². The van der Waals surface area contributed by atoms with Crippen LogP contribution in [-0.2, 0) is 24.3 Å². The zero-order valence-corrected chi connectivity index (χ0v) is 17.9. The molecule has 0 radical (unpaired) electrons. The van der Waals surface area contributed by atoms with Crippen molar-refractivity contribution in [3.05, 3.63) is 77.0 Å². The molecular weight excluding hydrogens is 388 g/mol. The molecule has 0 amide bonds. The molecule has 0 aliphatic carbocycles. The number of methoxy groups -OCH3 is 1. The number of rotatable bonds is 5. The van der Waals surface area contributed by atoms with Crippen molar-refractivity contribution in [1.29, 1.82) is 0 Å². The van der Waals surface area contributed by atoms with Crippen LogP contribution in [0.1, 0.15) is 47.2 Å². The van der Waals surface area contributed by atoms with Crippen LogP contribution in [0.15, 0.2) is 53.1 Å². The number of ether oxygens (including phenoxy) is 1. The van der Waals surface area contributed by atoms with Gasteiger partial charge in [0.1, 0.15) is 18.1 Å². The highest BCUT2D eigenvalue weighted by atomic mass is 16.5. The maximum atomic E-state index is 5.97. The van der Waals surface area contributed by atoms with E-state index in [0.717, 1.165) is 47.8 Å². The van der Waals surface area contributed by atoms with Crippen LogP contribution in [0.2, 0.25) is 0 Å². The maximum Gasteiger partial charge on any atom is 0.155 e. The van der Waals surface area contributed by atoms with Gasteiger partial charge >= 0.3 is 0 Å². The van der Waals surface area contributed by atoms with Gasteiger partial charge in [0.25, 0.3) is 0 Å². The Balaban J connectivity index is 1.34. The molecule has 4 aromatic rings. The van der Waals surface area contributed by atoms with E-state index in [1.165, 1.54) is 23.2 Å². The first-order valence-corrected chi connectivity index (χ1v) is 11.0. The molecule has 31 heavy (non-hydrogen) atoms. The fourth-order valence-electron chi connectivity index (χ4n) is 5.28. The minimum Gasteiger partial charge on any atom is -0.462 e. The number of furan rings is 1. The van der Waals surface area contributed by atoms with Crippen LogP contribution in [0.4, 0.5) is 0 Å². The normalized spacial score (nSPS) is 20.5. The number of hydrogen-bond donors (Lipinski definition) is 0. The highest BCUT2D eigenvalue weighted by Gasteiger charge is 2.41. The molecule has 5 heterocycles. The second-order valence-corrected chi connectivity index (χ2v) is 8.75. The fourth-order valence-corrected chi connectivity index (χ4v) is 5.28. The van der Waals surface area contributed by atoms with Gasteiger partial charge in [-0.1, -0.05) is 23.8 Å². The minimum atomic E-state index is 0.369. The van der Waals surface area contributed by atoms with E-state index in [1.807, 2.05) is 6.07 Å². The lowest BCUT2D eigenvalue weighted by Crippen LogP contribution is -2.38. The van der Waals surface area contributed by atoms with Gasteiger partial charge in [-0.15, -0.1) is 0 Å². The van der Waals surface area contributed by atoms with Crippen molar-refractivity contribution in [3.63, 3.8) is 0 Å². The average Bonchev–Trinajstić information content (AvgIpc) is 3.46. The topological polar surface area (TPSA) is 55.8 Å². The van der Waals surface area contributed by atoms with Crippen molar-refractivity contribution in [1.82, 2.24) is 19.5 Å². The third-order valence-electron chi connectivity index (χ3n) is 6.70. The van der Waals surface area contributed by atoms with Crippen molar-refractivity contribution in [3.8, 4) is 11.3 Å². The first kappa shape index (κ1) is 18.8.